The molecule has 0 amide bonds. The molecule has 0 radical (unpaired) electrons. The number of hydrogen-bond acceptors (Lipinski definition) is 5. The monoisotopic (exact) mass is 337 g/mol. The van der Waals surface area contributed by atoms with Crippen LogP contribution in [-0.4, -0.2) is 16.7 Å². The fourth-order valence-electron chi connectivity index (χ4n) is 2.33. The Balaban J connectivity index is 2.26. The first-order chi connectivity index (χ1) is 10.4. The number of halogens is 2. The Bertz CT molecular complexity index is 863. The second-order valence-corrected chi connectivity index (χ2v) is 5.22. The van der Waals surface area contributed by atoms with Gasteiger partial charge in [0.15, 0.2) is 11.6 Å². The Morgan fingerprint density at radius 2 is 1.59 bits per heavy atom. The molecule has 22 heavy (non-hydrogen) atoms. The molecule has 0 bridgehead atoms. The Morgan fingerprint density at radius 1 is 0.955 bits per heavy atom. The van der Waals surface area contributed by atoms with E-state index in [9.17, 15) is 19.7 Å². The van der Waals surface area contributed by atoms with Crippen LogP contribution in [0.4, 0.5) is 0 Å². The van der Waals surface area contributed by atoms with Crippen LogP contribution in [0.15, 0.2) is 30.3 Å². The first-order valence-corrected chi connectivity index (χ1v) is 6.70. The van der Waals surface area contributed by atoms with Gasteiger partial charge in [-0.15, -0.1) is 10.1 Å². The Labute approximate surface area is 133 Å². The lowest BCUT2D eigenvalue weighted by molar-refractivity contribution is -0.711. The van der Waals surface area contributed by atoms with E-state index in [0.29, 0.717) is 0 Å². The molecule has 2 aromatic carbocycles. The van der Waals surface area contributed by atoms with E-state index < -0.39 is 16.7 Å². The zero-order valence-corrected chi connectivity index (χ0v) is 12.1. The van der Waals surface area contributed by atoms with Crippen molar-refractivity contribution in [3.8, 4) is 5.75 Å². The van der Waals surface area contributed by atoms with Crippen molar-refractivity contribution in [2.75, 3.05) is 0 Å². The molecule has 0 heterocycles. The summed E-state index contributed by atoms with van der Waals surface area (Å²) < 4.78 is 0. The van der Waals surface area contributed by atoms with Crippen LogP contribution in [0, 0.1) is 10.1 Å². The average Bonchev–Trinajstić information content (AvgIpc) is 2.46. The molecule has 6 nitrogen and oxygen atoms in total. The first-order valence-electron chi connectivity index (χ1n) is 5.94. The molecule has 1 aliphatic rings. The van der Waals surface area contributed by atoms with Crippen molar-refractivity contribution in [3.05, 3.63) is 72.7 Å². The minimum absolute atomic E-state index is 0.0336. The summed E-state index contributed by atoms with van der Waals surface area (Å²) in [7, 11) is 0. The second kappa shape index (κ2) is 5.08. The topological polar surface area (TPSA) is 86.5 Å². The largest absolute Gasteiger partial charge is 0.299 e. The van der Waals surface area contributed by atoms with Crippen molar-refractivity contribution < 1.29 is 19.5 Å². The quantitative estimate of drug-likeness (QED) is 0.528. The molecule has 0 atom stereocenters. The summed E-state index contributed by atoms with van der Waals surface area (Å²) in [5.74, 6) is -1.31. The standard InChI is InChI=1S/C14H5Cl2NO5/c15-8-3-1-2-6-10(8)13(18)7-4-5-9(22-17(20)21)12(16)11(7)14(6)19/h1-5H. The predicted molar refractivity (Wildman–Crippen MR) is 77.4 cm³/mol. The number of carbonyl (C=O) groups excluding carboxylic acids is 2. The molecule has 2 aromatic rings. The van der Waals surface area contributed by atoms with Gasteiger partial charge in [0.05, 0.1) is 21.2 Å². The van der Waals surface area contributed by atoms with Gasteiger partial charge in [-0.3, -0.25) is 14.4 Å². The zero-order valence-electron chi connectivity index (χ0n) is 10.6. The van der Waals surface area contributed by atoms with E-state index >= 15 is 0 Å². The lowest BCUT2D eigenvalue weighted by Crippen LogP contribution is -2.22. The zero-order chi connectivity index (χ0) is 16.0. The molecule has 1 aliphatic carbocycles. The second-order valence-electron chi connectivity index (χ2n) is 4.44. The lowest BCUT2D eigenvalue weighted by Gasteiger charge is -2.20. The summed E-state index contributed by atoms with van der Waals surface area (Å²) in [4.78, 5) is 39.8. The number of ketones is 2. The maximum Gasteiger partial charge on any atom is 0.299 e. The molecule has 0 N–H and O–H groups in total. The normalized spacial score (nSPS) is 12.6. The number of benzene rings is 2. The molecule has 3 rings (SSSR count). The number of hydrogen-bond donors (Lipinski definition) is 0. The number of rotatable bonds is 2. The molecular weight excluding hydrogens is 333 g/mol. The van der Waals surface area contributed by atoms with Crippen LogP contribution in [-0.2, 0) is 0 Å². The van der Waals surface area contributed by atoms with Gasteiger partial charge in [0.2, 0.25) is 0 Å². The Kier molecular flexibility index (Phi) is 3.35. The maximum atomic E-state index is 12.5. The minimum atomic E-state index is -1.05. The van der Waals surface area contributed by atoms with Gasteiger partial charge in [-0.2, -0.15) is 0 Å². The summed E-state index contributed by atoms with van der Waals surface area (Å²) in [5.41, 5.74) is 0.109. The van der Waals surface area contributed by atoms with Gasteiger partial charge in [0.25, 0.3) is 5.09 Å². The van der Waals surface area contributed by atoms with Gasteiger partial charge >= 0.3 is 0 Å². The minimum Gasteiger partial charge on any atom is -0.289 e. The molecule has 0 unspecified atom stereocenters. The highest BCUT2D eigenvalue weighted by Gasteiger charge is 2.34. The van der Waals surface area contributed by atoms with Crippen molar-refractivity contribution in [2.24, 2.45) is 0 Å². The third-order valence-electron chi connectivity index (χ3n) is 3.24. The van der Waals surface area contributed by atoms with Gasteiger partial charge in [0, 0.05) is 11.1 Å². The summed E-state index contributed by atoms with van der Waals surface area (Å²) in [6.07, 6.45) is 0. The molecule has 0 fully saturated rings. The summed E-state index contributed by atoms with van der Waals surface area (Å²) >= 11 is 12.0. The van der Waals surface area contributed by atoms with E-state index in [-0.39, 0.29) is 38.0 Å². The predicted octanol–water partition coefficient (Wildman–Crippen LogP) is 3.34. The molecule has 0 aliphatic heterocycles. The number of carbonyl (C=O) groups is 2. The number of fused-ring (bicyclic) bond motifs is 2. The van der Waals surface area contributed by atoms with Crippen LogP contribution >= 0.6 is 23.2 Å². The molecule has 110 valence electrons. The van der Waals surface area contributed by atoms with E-state index in [1.54, 1.807) is 0 Å². The van der Waals surface area contributed by atoms with Gasteiger partial charge in [-0.05, 0) is 18.2 Å². The van der Waals surface area contributed by atoms with Crippen LogP contribution in [0.3, 0.4) is 0 Å². The summed E-state index contributed by atoms with van der Waals surface area (Å²) in [6.45, 7) is 0. The van der Waals surface area contributed by atoms with Crippen LogP contribution in [0.2, 0.25) is 10.0 Å². The van der Waals surface area contributed by atoms with Crippen LogP contribution in [0.1, 0.15) is 31.8 Å². The Hall–Kier alpha value is -2.44. The van der Waals surface area contributed by atoms with E-state index in [0.717, 1.165) is 6.07 Å². The Morgan fingerprint density at radius 3 is 2.27 bits per heavy atom. The first kappa shape index (κ1) is 14.5. The summed E-state index contributed by atoms with van der Waals surface area (Å²) in [6, 6.07) is 6.90. The van der Waals surface area contributed by atoms with E-state index in [2.05, 4.69) is 4.84 Å². The highest BCUT2D eigenvalue weighted by atomic mass is 35.5. The third kappa shape index (κ3) is 2.04. The fraction of sp³-hybridized carbons (Fsp3) is 0. The summed E-state index contributed by atoms with van der Waals surface area (Å²) in [5, 5.41) is 9.26. The van der Waals surface area contributed by atoms with Gasteiger partial charge in [0.1, 0.15) is 5.75 Å². The van der Waals surface area contributed by atoms with Crippen LogP contribution in [0.25, 0.3) is 0 Å². The molecule has 0 saturated heterocycles. The van der Waals surface area contributed by atoms with Crippen molar-refractivity contribution in [1.82, 2.24) is 0 Å². The molecule has 8 heteroatoms. The smallest absolute Gasteiger partial charge is 0.289 e. The van der Waals surface area contributed by atoms with Crippen molar-refractivity contribution in [3.63, 3.8) is 0 Å². The fourth-order valence-corrected chi connectivity index (χ4v) is 2.88. The van der Waals surface area contributed by atoms with Gasteiger partial charge < -0.3 is 0 Å². The van der Waals surface area contributed by atoms with Gasteiger partial charge in [-0.1, -0.05) is 35.3 Å². The SMILES string of the molecule is O=C1c2ccc(O[N+](=O)[O-])c(Cl)c2C(=O)c2cccc(Cl)c21. The lowest BCUT2D eigenvalue weighted by atomic mass is 9.84. The van der Waals surface area contributed by atoms with Crippen LogP contribution < -0.4 is 4.84 Å². The number of nitrogens with zero attached hydrogens (tertiary/aromatic N) is 1. The highest BCUT2D eigenvalue weighted by Crippen LogP contribution is 2.38. The van der Waals surface area contributed by atoms with Crippen molar-refractivity contribution in [1.29, 1.82) is 0 Å². The molecule has 0 aromatic heterocycles. The van der Waals surface area contributed by atoms with E-state index in [4.69, 9.17) is 23.2 Å². The maximum absolute atomic E-state index is 12.5. The van der Waals surface area contributed by atoms with E-state index in [1.165, 1.54) is 24.3 Å². The average molecular weight is 338 g/mol. The van der Waals surface area contributed by atoms with Crippen LogP contribution in [0.5, 0.6) is 5.75 Å². The van der Waals surface area contributed by atoms with Gasteiger partial charge in [-0.25, -0.2) is 0 Å². The van der Waals surface area contributed by atoms with Crippen molar-refractivity contribution in [2.45, 2.75) is 0 Å². The molecular formula is C14H5Cl2NO5. The molecule has 0 saturated carbocycles. The highest BCUT2D eigenvalue weighted by molar-refractivity contribution is 6.43. The van der Waals surface area contributed by atoms with E-state index in [1.807, 2.05) is 0 Å². The molecule has 0 spiro atoms. The van der Waals surface area contributed by atoms with Crippen molar-refractivity contribution >= 4 is 34.8 Å². The third-order valence-corrected chi connectivity index (χ3v) is 3.93.